The fourth-order valence-corrected chi connectivity index (χ4v) is 3.06. The zero-order valence-electron chi connectivity index (χ0n) is 12.4. The molecule has 2 aromatic rings. The monoisotopic (exact) mass is 308 g/mol. The molecule has 1 aromatic carbocycles. The zero-order valence-corrected chi connectivity index (χ0v) is 13.2. The highest BCUT2D eigenvalue weighted by atomic mass is 32.1. The minimum Gasteiger partial charge on any atom is -0.465 e. The smallest absolute Gasteiger partial charge is 0.337 e. The summed E-state index contributed by atoms with van der Waals surface area (Å²) in [6, 6.07) is 4.02. The van der Waals surface area contributed by atoms with E-state index in [0.29, 0.717) is 5.56 Å². The van der Waals surface area contributed by atoms with E-state index in [-0.39, 0.29) is 11.7 Å². The lowest BCUT2D eigenvalue weighted by molar-refractivity contribution is 0.0600. The molecule has 0 saturated carbocycles. The van der Waals surface area contributed by atoms with Crippen molar-refractivity contribution in [3.63, 3.8) is 0 Å². The first kappa shape index (κ1) is 15.4. The van der Waals surface area contributed by atoms with Gasteiger partial charge in [-0.05, 0) is 39.0 Å². The maximum absolute atomic E-state index is 13.9. The van der Waals surface area contributed by atoms with E-state index in [2.05, 4.69) is 15.0 Å². The Labute approximate surface area is 127 Å². The van der Waals surface area contributed by atoms with Gasteiger partial charge in [-0.3, -0.25) is 0 Å². The number of thiazole rings is 1. The molecule has 4 nitrogen and oxygen atoms in total. The Hall–Kier alpha value is -1.95. The van der Waals surface area contributed by atoms with Gasteiger partial charge in [0.25, 0.3) is 0 Å². The summed E-state index contributed by atoms with van der Waals surface area (Å²) in [6.45, 7) is 5.80. The van der Waals surface area contributed by atoms with E-state index in [0.717, 1.165) is 15.6 Å². The summed E-state index contributed by atoms with van der Waals surface area (Å²) >= 11 is 1.57. The van der Waals surface area contributed by atoms with Gasteiger partial charge < -0.3 is 10.1 Å². The van der Waals surface area contributed by atoms with Crippen molar-refractivity contribution in [2.24, 2.45) is 0 Å². The lowest BCUT2D eigenvalue weighted by Crippen LogP contribution is -2.09. The number of carbonyl (C=O) groups excluding carboxylic acids is 1. The number of halogens is 1. The summed E-state index contributed by atoms with van der Waals surface area (Å²) in [5.41, 5.74) is 1.52. The predicted octanol–water partition coefficient (Wildman–Crippen LogP) is 3.86. The summed E-state index contributed by atoms with van der Waals surface area (Å²) in [4.78, 5) is 16.9. The molecule has 0 saturated heterocycles. The third kappa shape index (κ3) is 3.39. The third-order valence-electron chi connectivity index (χ3n) is 3.09. The number of esters is 1. The highest BCUT2D eigenvalue weighted by Gasteiger charge is 2.16. The first-order valence-corrected chi connectivity index (χ1v) is 7.32. The molecule has 1 aromatic heterocycles. The maximum Gasteiger partial charge on any atom is 0.337 e. The number of nitrogens with one attached hydrogen (secondary N) is 1. The molecule has 0 fully saturated rings. The minimum atomic E-state index is -0.490. The van der Waals surface area contributed by atoms with Crippen molar-refractivity contribution in [2.75, 3.05) is 12.4 Å². The number of hydrogen-bond acceptors (Lipinski definition) is 5. The van der Waals surface area contributed by atoms with Crippen molar-refractivity contribution in [1.29, 1.82) is 0 Å². The van der Waals surface area contributed by atoms with Crippen LogP contribution in [0.25, 0.3) is 0 Å². The Balaban J connectivity index is 2.26. The molecule has 0 aliphatic carbocycles. The molecule has 0 aliphatic heterocycles. The summed E-state index contributed by atoms with van der Waals surface area (Å²) in [7, 11) is 1.30. The average molecular weight is 308 g/mol. The first-order chi connectivity index (χ1) is 9.92. The van der Waals surface area contributed by atoms with Crippen molar-refractivity contribution in [3.8, 4) is 0 Å². The van der Waals surface area contributed by atoms with Gasteiger partial charge in [-0.25, -0.2) is 14.2 Å². The van der Waals surface area contributed by atoms with Crippen molar-refractivity contribution >= 4 is 23.0 Å². The van der Waals surface area contributed by atoms with Crippen LogP contribution < -0.4 is 5.32 Å². The topological polar surface area (TPSA) is 51.2 Å². The van der Waals surface area contributed by atoms with Gasteiger partial charge in [0, 0.05) is 4.88 Å². The number of anilines is 1. The molecule has 1 atom stereocenters. The van der Waals surface area contributed by atoms with Crippen molar-refractivity contribution in [2.45, 2.75) is 26.8 Å². The van der Waals surface area contributed by atoms with Crippen LogP contribution in [0.4, 0.5) is 10.1 Å². The van der Waals surface area contributed by atoms with Crippen LogP contribution in [0.5, 0.6) is 0 Å². The molecule has 0 radical (unpaired) electrons. The number of methoxy groups -OCH3 is 1. The third-order valence-corrected chi connectivity index (χ3v) is 4.35. The number of aryl methyl sites for hydroxylation is 2. The number of aromatic nitrogens is 1. The normalized spacial score (nSPS) is 12.0. The molecule has 112 valence electrons. The Morgan fingerprint density at radius 1 is 1.43 bits per heavy atom. The van der Waals surface area contributed by atoms with E-state index in [9.17, 15) is 9.18 Å². The molecule has 1 N–H and O–H groups in total. The van der Waals surface area contributed by atoms with Gasteiger partial charge in [-0.2, -0.15) is 0 Å². The predicted molar refractivity (Wildman–Crippen MR) is 81.4 cm³/mol. The van der Waals surface area contributed by atoms with Crippen LogP contribution >= 0.6 is 11.3 Å². The minimum absolute atomic E-state index is 0.0985. The molecule has 21 heavy (non-hydrogen) atoms. The van der Waals surface area contributed by atoms with E-state index in [1.165, 1.54) is 25.3 Å². The Morgan fingerprint density at radius 3 is 2.71 bits per heavy atom. The van der Waals surface area contributed by atoms with Gasteiger partial charge >= 0.3 is 5.97 Å². The average Bonchev–Trinajstić information content (AvgIpc) is 2.79. The fourth-order valence-electron chi connectivity index (χ4n) is 2.13. The standard InChI is InChI=1S/C15H17FN2O2S/c1-8-14(21-10(3)17-8)9(2)18-13-7-11(15(19)20-4)5-6-12(13)16/h5-7,9,18H,1-4H3. The van der Waals surface area contributed by atoms with Gasteiger partial charge in [0.1, 0.15) is 5.82 Å². The van der Waals surface area contributed by atoms with Crippen LogP contribution in [0, 0.1) is 19.7 Å². The largest absolute Gasteiger partial charge is 0.465 e. The molecule has 1 unspecified atom stereocenters. The molecule has 0 amide bonds. The van der Waals surface area contributed by atoms with E-state index >= 15 is 0 Å². The Kier molecular flexibility index (Phi) is 4.57. The molecular formula is C15H17FN2O2S. The van der Waals surface area contributed by atoms with Gasteiger partial charge in [-0.1, -0.05) is 0 Å². The van der Waals surface area contributed by atoms with Crippen LogP contribution in [0.2, 0.25) is 0 Å². The van der Waals surface area contributed by atoms with E-state index in [4.69, 9.17) is 0 Å². The van der Waals surface area contributed by atoms with Crippen molar-refractivity contribution in [1.82, 2.24) is 4.98 Å². The second-order valence-corrected chi connectivity index (χ2v) is 5.97. The number of nitrogens with zero attached hydrogens (tertiary/aromatic N) is 1. The molecule has 0 aliphatic rings. The van der Waals surface area contributed by atoms with E-state index in [1.54, 1.807) is 11.3 Å². The lowest BCUT2D eigenvalue weighted by atomic mass is 10.1. The van der Waals surface area contributed by atoms with E-state index < -0.39 is 11.8 Å². The number of carbonyl (C=O) groups is 1. The van der Waals surface area contributed by atoms with Crippen LogP contribution in [0.3, 0.4) is 0 Å². The van der Waals surface area contributed by atoms with E-state index in [1.807, 2.05) is 20.8 Å². The highest BCUT2D eigenvalue weighted by molar-refractivity contribution is 7.11. The lowest BCUT2D eigenvalue weighted by Gasteiger charge is -2.15. The van der Waals surface area contributed by atoms with Gasteiger partial charge in [-0.15, -0.1) is 11.3 Å². The zero-order chi connectivity index (χ0) is 15.6. The molecule has 2 rings (SSSR count). The second kappa shape index (κ2) is 6.22. The summed E-state index contributed by atoms with van der Waals surface area (Å²) < 4.78 is 18.5. The second-order valence-electron chi connectivity index (χ2n) is 4.73. The molecule has 0 bridgehead atoms. The molecular weight excluding hydrogens is 291 g/mol. The Morgan fingerprint density at radius 2 is 2.14 bits per heavy atom. The van der Waals surface area contributed by atoms with Crippen molar-refractivity contribution < 1.29 is 13.9 Å². The van der Waals surface area contributed by atoms with Crippen LogP contribution in [-0.2, 0) is 4.74 Å². The number of ether oxygens (including phenoxy) is 1. The number of benzene rings is 1. The van der Waals surface area contributed by atoms with Crippen LogP contribution in [0.15, 0.2) is 18.2 Å². The molecule has 6 heteroatoms. The fraction of sp³-hybridized carbons (Fsp3) is 0.333. The molecule has 0 spiro atoms. The Bertz CT molecular complexity index is 670. The van der Waals surface area contributed by atoms with Gasteiger partial charge in [0.2, 0.25) is 0 Å². The van der Waals surface area contributed by atoms with Gasteiger partial charge in [0.05, 0.1) is 35.1 Å². The quantitative estimate of drug-likeness (QED) is 0.871. The van der Waals surface area contributed by atoms with Crippen LogP contribution in [-0.4, -0.2) is 18.1 Å². The SMILES string of the molecule is COC(=O)c1ccc(F)c(NC(C)c2sc(C)nc2C)c1. The summed E-state index contributed by atoms with van der Waals surface area (Å²) in [5, 5.41) is 4.06. The number of hydrogen-bond donors (Lipinski definition) is 1. The summed E-state index contributed by atoms with van der Waals surface area (Å²) in [5.74, 6) is -0.899. The first-order valence-electron chi connectivity index (χ1n) is 6.50. The van der Waals surface area contributed by atoms with Crippen LogP contribution in [0.1, 0.15) is 38.9 Å². The number of rotatable bonds is 4. The molecule has 1 heterocycles. The van der Waals surface area contributed by atoms with Crippen molar-refractivity contribution in [3.05, 3.63) is 45.2 Å². The highest BCUT2D eigenvalue weighted by Crippen LogP contribution is 2.28. The summed E-state index contributed by atoms with van der Waals surface area (Å²) in [6.07, 6.45) is 0. The van der Waals surface area contributed by atoms with Gasteiger partial charge in [0.15, 0.2) is 0 Å². The maximum atomic E-state index is 13.9.